The van der Waals surface area contributed by atoms with Gasteiger partial charge in [-0.3, -0.25) is 5.43 Å². The second kappa shape index (κ2) is 8.81. The molecule has 0 unspecified atom stereocenters. The van der Waals surface area contributed by atoms with Crippen molar-refractivity contribution in [3.63, 3.8) is 0 Å². The number of nitrogens with zero attached hydrogens (tertiary/aromatic N) is 3. The van der Waals surface area contributed by atoms with Gasteiger partial charge in [-0.1, -0.05) is 72.0 Å². The Labute approximate surface area is 185 Å². The normalized spacial score (nSPS) is 11.1. The molecule has 0 aliphatic heterocycles. The molecule has 4 nitrogen and oxygen atoms in total. The number of para-hydroxylation sites is 3. The molecule has 0 bridgehead atoms. The molecule has 0 saturated heterocycles. The summed E-state index contributed by atoms with van der Waals surface area (Å²) in [4.78, 5) is 6.77. The summed E-state index contributed by atoms with van der Waals surface area (Å²) in [5.74, 6) is 0. The largest absolute Gasteiger partial charge is 0.311 e. The van der Waals surface area contributed by atoms with E-state index in [9.17, 15) is 0 Å². The molecule has 0 amide bonds. The predicted octanol–water partition coefficient (Wildman–Crippen LogP) is 7.21. The van der Waals surface area contributed by atoms with Crippen molar-refractivity contribution in [1.29, 1.82) is 0 Å². The van der Waals surface area contributed by atoms with Crippen molar-refractivity contribution in [1.82, 2.24) is 4.98 Å². The van der Waals surface area contributed by atoms with E-state index in [-0.39, 0.29) is 0 Å². The monoisotopic (exact) mass is 420 g/mol. The molecule has 5 heteroatoms. The van der Waals surface area contributed by atoms with Crippen molar-refractivity contribution >= 4 is 50.0 Å². The Morgan fingerprint density at radius 1 is 0.677 bits per heavy atom. The minimum Gasteiger partial charge on any atom is -0.311 e. The lowest BCUT2D eigenvalue weighted by Gasteiger charge is -2.25. The molecule has 0 saturated carbocycles. The van der Waals surface area contributed by atoms with E-state index in [0.717, 1.165) is 38.0 Å². The number of fused-ring (bicyclic) bond motifs is 1. The van der Waals surface area contributed by atoms with Gasteiger partial charge in [0.15, 0.2) is 0 Å². The van der Waals surface area contributed by atoms with Crippen molar-refractivity contribution in [3.8, 4) is 0 Å². The molecule has 5 rings (SSSR count). The summed E-state index contributed by atoms with van der Waals surface area (Å²) in [6, 6.07) is 37.2. The lowest BCUT2D eigenvalue weighted by Crippen LogP contribution is -2.09. The van der Waals surface area contributed by atoms with Crippen molar-refractivity contribution in [3.05, 3.63) is 115 Å². The van der Waals surface area contributed by atoms with E-state index in [0.29, 0.717) is 0 Å². The predicted molar refractivity (Wildman–Crippen MR) is 132 cm³/mol. The number of anilines is 4. The third kappa shape index (κ3) is 4.32. The fraction of sp³-hybridized carbons (Fsp3) is 0. The highest BCUT2D eigenvalue weighted by Gasteiger charge is 2.11. The van der Waals surface area contributed by atoms with Gasteiger partial charge in [0, 0.05) is 17.1 Å². The topological polar surface area (TPSA) is 40.5 Å². The molecule has 150 valence electrons. The highest BCUT2D eigenvalue weighted by atomic mass is 32.1. The van der Waals surface area contributed by atoms with Crippen LogP contribution in [0.15, 0.2) is 114 Å². The molecule has 4 aromatic carbocycles. The first-order chi connectivity index (χ1) is 15.4. The average Bonchev–Trinajstić information content (AvgIpc) is 3.25. The van der Waals surface area contributed by atoms with Crippen LogP contribution in [0, 0.1) is 0 Å². The van der Waals surface area contributed by atoms with Crippen LogP contribution in [0.4, 0.5) is 22.2 Å². The Bertz CT molecular complexity index is 1220. The fourth-order valence-corrected chi connectivity index (χ4v) is 4.21. The van der Waals surface area contributed by atoms with Crippen LogP contribution in [0.25, 0.3) is 10.2 Å². The van der Waals surface area contributed by atoms with Crippen molar-refractivity contribution in [2.75, 3.05) is 10.3 Å². The summed E-state index contributed by atoms with van der Waals surface area (Å²) in [6.07, 6.45) is 1.81. The van der Waals surface area contributed by atoms with Crippen molar-refractivity contribution in [2.24, 2.45) is 5.10 Å². The molecule has 5 aromatic rings. The Morgan fingerprint density at radius 2 is 1.26 bits per heavy atom. The van der Waals surface area contributed by atoms with Crippen LogP contribution in [0.5, 0.6) is 0 Å². The molecule has 31 heavy (non-hydrogen) atoms. The van der Waals surface area contributed by atoms with Crippen LogP contribution in [0.3, 0.4) is 0 Å². The van der Waals surface area contributed by atoms with E-state index < -0.39 is 0 Å². The van der Waals surface area contributed by atoms with Crippen LogP contribution in [-0.2, 0) is 0 Å². The van der Waals surface area contributed by atoms with Gasteiger partial charge in [-0.25, -0.2) is 4.98 Å². The summed E-state index contributed by atoms with van der Waals surface area (Å²) in [5.41, 5.74) is 8.36. The van der Waals surface area contributed by atoms with Crippen LogP contribution in [0.1, 0.15) is 5.56 Å². The van der Waals surface area contributed by atoms with E-state index >= 15 is 0 Å². The number of hydrogen-bond acceptors (Lipinski definition) is 5. The number of hydrazone groups is 1. The minimum atomic E-state index is 0.786. The van der Waals surface area contributed by atoms with E-state index in [1.807, 2.05) is 36.5 Å². The Morgan fingerprint density at radius 3 is 1.90 bits per heavy atom. The minimum absolute atomic E-state index is 0.786. The van der Waals surface area contributed by atoms with E-state index in [1.54, 1.807) is 11.3 Å². The van der Waals surface area contributed by atoms with E-state index in [1.165, 1.54) is 0 Å². The van der Waals surface area contributed by atoms with Gasteiger partial charge >= 0.3 is 0 Å². The van der Waals surface area contributed by atoms with Gasteiger partial charge in [-0.05, 0) is 54.1 Å². The molecule has 0 atom stereocenters. The Balaban J connectivity index is 1.36. The number of nitrogens with one attached hydrogen (secondary N) is 1. The molecule has 1 aromatic heterocycles. The van der Waals surface area contributed by atoms with Crippen LogP contribution < -0.4 is 10.3 Å². The average molecular weight is 421 g/mol. The number of rotatable bonds is 6. The summed E-state index contributed by atoms with van der Waals surface area (Å²) in [5, 5.41) is 5.14. The molecular weight excluding hydrogens is 400 g/mol. The summed E-state index contributed by atoms with van der Waals surface area (Å²) < 4.78 is 1.14. The lowest BCUT2D eigenvalue weighted by molar-refractivity contribution is 1.28. The standard InChI is InChI=1S/C26H20N4S/c1-3-9-21(10-4-1)30(22-11-5-2-6-12-22)23-17-15-20(16-18-23)19-27-29-26-28-24-13-7-8-14-25(24)31-26/h1-19H,(H,28,29)/b27-19-. The number of benzene rings is 4. The highest BCUT2D eigenvalue weighted by molar-refractivity contribution is 7.22. The number of hydrogen-bond donors (Lipinski definition) is 1. The molecule has 0 aliphatic rings. The van der Waals surface area contributed by atoms with Crippen molar-refractivity contribution < 1.29 is 0 Å². The van der Waals surface area contributed by atoms with E-state index in [4.69, 9.17) is 0 Å². The zero-order valence-electron chi connectivity index (χ0n) is 16.7. The van der Waals surface area contributed by atoms with Gasteiger partial charge in [-0.15, -0.1) is 0 Å². The van der Waals surface area contributed by atoms with Gasteiger partial charge in [-0.2, -0.15) is 5.10 Å². The quantitative estimate of drug-likeness (QED) is 0.233. The lowest BCUT2D eigenvalue weighted by atomic mass is 10.1. The van der Waals surface area contributed by atoms with Crippen LogP contribution in [0.2, 0.25) is 0 Å². The summed E-state index contributed by atoms with van der Waals surface area (Å²) in [6.45, 7) is 0. The van der Waals surface area contributed by atoms with Gasteiger partial charge in [0.25, 0.3) is 0 Å². The third-order valence-corrected chi connectivity index (χ3v) is 5.79. The molecule has 0 spiro atoms. The number of thiazole rings is 1. The molecule has 1 heterocycles. The van der Waals surface area contributed by atoms with E-state index in [2.05, 4.69) is 99.3 Å². The zero-order valence-corrected chi connectivity index (χ0v) is 17.5. The maximum Gasteiger partial charge on any atom is 0.204 e. The maximum atomic E-state index is 4.54. The SMILES string of the molecule is C(=N/Nc1nc2ccccc2s1)/c1ccc(N(c2ccccc2)c2ccccc2)cc1. The second-order valence-electron chi connectivity index (χ2n) is 6.95. The molecule has 0 aliphatic carbocycles. The van der Waals surface area contributed by atoms with Gasteiger partial charge in [0.1, 0.15) is 0 Å². The molecule has 0 fully saturated rings. The van der Waals surface area contributed by atoms with Crippen LogP contribution in [-0.4, -0.2) is 11.2 Å². The third-order valence-electron chi connectivity index (χ3n) is 4.85. The van der Waals surface area contributed by atoms with Gasteiger partial charge in [0.05, 0.1) is 16.4 Å². The van der Waals surface area contributed by atoms with Crippen LogP contribution >= 0.6 is 11.3 Å². The number of aromatic nitrogens is 1. The molecular formula is C26H20N4S. The highest BCUT2D eigenvalue weighted by Crippen LogP contribution is 2.34. The Hall–Kier alpha value is -3.96. The summed E-state index contributed by atoms with van der Waals surface area (Å²) in [7, 11) is 0. The smallest absolute Gasteiger partial charge is 0.204 e. The zero-order chi connectivity index (χ0) is 20.9. The summed E-state index contributed by atoms with van der Waals surface area (Å²) >= 11 is 1.59. The Kier molecular flexibility index (Phi) is 5.41. The maximum absolute atomic E-state index is 4.54. The van der Waals surface area contributed by atoms with Gasteiger partial charge in [0.2, 0.25) is 5.13 Å². The second-order valence-corrected chi connectivity index (χ2v) is 7.99. The fourth-order valence-electron chi connectivity index (χ4n) is 3.39. The van der Waals surface area contributed by atoms with Crippen molar-refractivity contribution in [2.45, 2.75) is 0 Å². The van der Waals surface area contributed by atoms with Gasteiger partial charge < -0.3 is 4.90 Å². The molecule has 0 radical (unpaired) electrons. The first-order valence-electron chi connectivity index (χ1n) is 10.0. The first kappa shape index (κ1) is 19.0. The first-order valence-corrected chi connectivity index (χ1v) is 10.8. The molecule has 1 N–H and O–H groups in total.